The maximum absolute atomic E-state index is 5.57. The van der Waals surface area contributed by atoms with E-state index in [0.29, 0.717) is 11.3 Å². The van der Waals surface area contributed by atoms with Crippen LogP contribution >= 0.6 is 0 Å². The Balaban J connectivity index is 1.99. The quantitative estimate of drug-likeness (QED) is 0.570. The molecule has 0 saturated heterocycles. The number of hydrogen-bond acceptors (Lipinski definition) is 3. The summed E-state index contributed by atoms with van der Waals surface area (Å²) in [5.41, 5.74) is 6.15. The van der Waals surface area contributed by atoms with E-state index >= 15 is 0 Å². The smallest absolute Gasteiger partial charge is 0.0468 e. The van der Waals surface area contributed by atoms with Gasteiger partial charge >= 0.3 is 0 Å². The molecule has 1 aliphatic rings. The van der Waals surface area contributed by atoms with Gasteiger partial charge in [0.15, 0.2) is 0 Å². The van der Waals surface area contributed by atoms with E-state index < -0.39 is 0 Å². The number of nitrogens with one attached hydrogen (secondary N) is 1. The average molecular weight is 214 g/mol. The molecule has 0 aromatic carbocycles. The minimum Gasteiger partial charge on any atom is -0.385 e. The predicted molar refractivity (Wildman–Crippen MR) is 63.9 cm³/mol. The molecule has 0 aromatic rings. The van der Waals surface area contributed by atoms with Crippen LogP contribution in [0.4, 0.5) is 0 Å². The number of nitrogens with two attached hydrogens (primary N) is 1. The first kappa shape index (κ1) is 12.9. The van der Waals surface area contributed by atoms with Gasteiger partial charge in [-0.2, -0.15) is 0 Å². The van der Waals surface area contributed by atoms with Gasteiger partial charge in [-0.1, -0.05) is 6.92 Å². The van der Waals surface area contributed by atoms with Gasteiger partial charge in [-0.05, 0) is 50.1 Å². The molecule has 1 saturated carbocycles. The molecular weight excluding hydrogens is 188 g/mol. The third kappa shape index (κ3) is 4.96. The van der Waals surface area contributed by atoms with Gasteiger partial charge in [0.2, 0.25) is 0 Å². The summed E-state index contributed by atoms with van der Waals surface area (Å²) >= 11 is 0. The lowest BCUT2D eigenvalue weighted by atomic mass is 10.0. The first-order valence-corrected chi connectivity index (χ1v) is 6.12. The number of ether oxygens (including phenoxy) is 1. The summed E-state index contributed by atoms with van der Waals surface area (Å²) in [4.78, 5) is 0. The second kappa shape index (κ2) is 6.46. The van der Waals surface area contributed by atoms with Crippen molar-refractivity contribution < 1.29 is 4.74 Å². The molecule has 3 nitrogen and oxygen atoms in total. The van der Waals surface area contributed by atoms with Crippen LogP contribution in [-0.4, -0.2) is 33.4 Å². The molecule has 1 rings (SSSR count). The first-order chi connectivity index (χ1) is 7.22. The molecule has 0 radical (unpaired) electrons. The standard InChI is InChI=1S/C12H26N2O/c1-11(9-13)3-7-14-10-12(4-5-12)6-8-15-2/h11,14H,3-10,13H2,1-2H3. The monoisotopic (exact) mass is 214 g/mol. The lowest BCUT2D eigenvalue weighted by Gasteiger charge is -2.16. The van der Waals surface area contributed by atoms with Gasteiger partial charge in [0, 0.05) is 20.3 Å². The SMILES string of the molecule is COCCC1(CNCCC(C)CN)CC1. The maximum Gasteiger partial charge on any atom is 0.0468 e. The fraction of sp³-hybridized carbons (Fsp3) is 1.00. The summed E-state index contributed by atoms with van der Waals surface area (Å²) in [6, 6.07) is 0. The van der Waals surface area contributed by atoms with E-state index in [2.05, 4.69) is 12.2 Å². The van der Waals surface area contributed by atoms with Crippen molar-refractivity contribution in [2.24, 2.45) is 17.1 Å². The Bertz CT molecular complexity index is 169. The summed E-state index contributed by atoms with van der Waals surface area (Å²) in [6.07, 6.45) is 5.14. The minimum absolute atomic E-state index is 0.571. The average Bonchev–Trinajstić information content (AvgIpc) is 3.02. The summed E-state index contributed by atoms with van der Waals surface area (Å²) in [5.74, 6) is 0.645. The van der Waals surface area contributed by atoms with Crippen LogP contribution in [0.5, 0.6) is 0 Å². The second-order valence-electron chi connectivity index (χ2n) is 5.05. The van der Waals surface area contributed by atoms with Crippen LogP contribution in [0.25, 0.3) is 0 Å². The normalized spacial score (nSPS) is 20.2. The molecule has 0 aromatic heterocycles. The summed E-state index contributed by atoms with van der Waals surface area (Å²) < 4.78 is 5.14. The van der Waals surface area contributed by atoms with E-state index in [9.17, 15) is 0 Å². The molecule has 3 N–H and O–H groups in total. The molecule has 0 heterocycles. The van der Waals surface area contributed by atoms with Gasteiger partial charge in [0.25, 0.3) is 0 Å². The van der Waals surface area contributed by atoms with E-state index in [1.54, 1.807) is 7.11 Å². The zero-order chi connectivity index (χ0) is 11.1. The Hall–Kier alpha value is -0.120. The van der Waals surface area contributed by atoms with Crippen LogP contribution < -0.4 is 11.1 Å². The van der Waals surface area contributed by atoms with Crippen LogP contribution in [0.3, 0.4) is 0 Å². The lowest BCUT2D eigenvalue weighted by Crippen LogP contribution is -2.27. The van der Waals surface area contributed by atoms with E-state index in [-0.39, 0.29) is 0 Å². The van der Waals surface area contributed by atoms with Gasteiger partial charge in [-0.15, -0.1) is 0 Å². The molecule has 0 bridgehead atoms. The molecule has 0 aliphatic heterocycles. The van der Waals surface area contributed by atoms with Gasteiger partial charge in [0.05, 0.1) is 0 Å². The fourth-order valence-electron chi connectivity index (χ4n) is 1.83. The Morgan fingerprint density at radius 3 is 2.73 bits per heavy atom. The van der Waals surface area contributed by atoms with Crippen molar-refractivity contribution in [3.63, 3.8) is 0 Å². The largest absolute Gasteiger partial charge is 0.385 e. The van der Waals surface area contributed by atoms with Crippen molar-refractivity contribution in [2.75, 3.05) is 33.4 Å². The van der Waals surface area contributed by atoms with Crippen molar-refractivity contribution in [3.05, 3.63) is 0 Å². The Morgan fingerprint density at radius 2 is 2.20 bits per heavy atom. The van der Waals surface area contributed by atoms with Crippen molar-refractivity contribution in [2.45, 2.75) is 32.6 Å². The highest BCUT2D eigenvalue weighted by Gasteiger charge is 2.41. The summed E-state index contributed by atoms with van der Waals surface area (Å²) in [5, 5.41) is 3.55. The molecule has 90 valence electrons. The van der Waals surface area contributed by atoms with Crippen molar-refractivity contribution in [1.82, 2.24) is 5.32 Å². The van der Waals surface area contributed by atoms with Crippen LogP contribution in [-0.2, 0) is 4.74 Å². The minimum atomic E-state index is 0.571. The Kier molecular flexibility index (Phi) is 5.58. The van der Waals surface area contributed by atoms with Gasteiger partial charge < -0.3 is 15.8 Å². The zero-order valence-corrected chi connectivity index (χ0v) is 10.2. The third-order valence-corrected chi connectivity index (χ3v) is 3.51. The molecule has 1 atom stereocenters. The molecule has 0 amide bonds. The summed E-state index contributed by atoms with van der Waals surface area (Å²) in [6.45, 7) is 6.18. The first-order valence-electron chi connectivity index (χ1n) is 6.12. The van der Waals surface area contributed by atoms with Crippen molar-refractivity contribution in [1.29, 1.82) is 0 Å². The van der Waals surface area contributed by atoms with Crippen molar-refractivity contribution in [3.8, 4) is 0 Å². The highest BCUT2D eigenvalue weighted by Crippen LogP contribution is 2.48. The van der Waals surface area contributed by atoms with Crippen LogP contribution in [0, 0.1) is 11.3 Å². The van der Waals surface area contributed by atoms with E-state index in [1.807, 2.05) is 0 Å². The number of hydrogen-bond donors (Lipinski definition) is 2. The molecule has 3 heteroatoms. The number of rotatable bonds is 9. The maximum atomic E-state index is 5.57. The van der Waals surface area contributed by atoms with E-state index in [1.165, 1.54) is 25.7 Å². The van der Waals surface area contributed by atoms with E-state index in [4.69, 9.17) is 10.5 Å². The Morgan fingerprint density at radius 1 is 1.47 bits per heavy atom. The highest BCUT2D eigenvalue weighted by atomic mass is 16.5. The second-order valence-corrected chi connectivity index (χ2v) is 5.05. The fourth-order valence-corrected chi connectivity index (χ4v) is 1.83. The van der Waals surface area contributed by atoms with Gasteiger partial charge in [-0.3, -0.25) is 0 Å². The molecule has 15 heavy (non-hydrogen) atoms. The van der Waals surface area contributed by atoms with Crippen LogP contribution in [0.1, 0.15) is 32.6 Å². The van der Waals surface area contributed by atoms with Gasteiger partial charge in [-0.25, -0.2) is 0 Å². The molecule has 1 aliphatic carbocycles. The predicted octanol–water partition coefficient (Wildman–Crippen LogP) is 1.38. The molecular formula is C12H26N2O. The third-order valence-electron chi connectivity index (χ3n) is 3.51. The van der Waals surface area contributed by atoms with Crippen LogP contribution in [0.15, 0.2) is 0 Å². The van der Waals surface area contributed by atoms with E-state index in [0.717, 1.165) is 26.2 Å². The summed E-state index contributed by atoms with van der Waals surface area (Å²) in [7, 11) is 1.78. The molecule has 1 unspecified atom stereocenters. The lowest BCUT2D eigenvalue weighted by molar-refractivity contribution is 0.171. The van der Waals surface area contributed by atoms with Gasteiger partial charge in [0.1, 0.15) is 0 Å². The highest BCUT2D eigenvalue weighted by molar-refractivity contribution is 4.94. The molecule has 0 spiro atoms. The zero-order valence-electron chi connectivity index (χ0n) is 10.2. The van der Waals surface area contributed by atoms with Crippen molar-refractivity contribution >= 4 is 0 Å². The number of methoxy groups -OCH3 is 1. The topological polar surface area (TPSA) is 47.3 Å². The molecule has 1 fully saturated rings. The Labute approximate surface area is 93.8 Å². The van der Waals surface area contributed by atoms with Crippen LogP contribution in [0.2, 0.25) is 0 Å².